The lowest BCUT2D eigenvalue weighted by Gasteiger charge is -2.13. The fourth-order valence-electron chi connectivity index (χ4n) is 2.52. The van der Waals surface area contributed by atoms with Crippen molar-refractivity contribution >= 4 is 28.1 Å². The van der Waals surface area contributed by atoms with E-state index in [4.69, 9.17) is 14.2 Å². The first-order chi connectivity index (χ1) is 14.0. The number of rotatable bonds is 7. The number of nitrogens with one attached hydrogen (secondary N) is 1. The normalized spacial score (nSPS) is 10.3. The Morgan fingerprint density at radius 2 is 1.76 bits per heavy atom. The number of carbonyl (C=O) groups excluding carboxylic acids is 1. The number of ether oxygens (including phenoxy) is 3. The summed E-state index contributed by atoms with van der Waals surface area (Å²) in [6.45, 7) is 0. The van der Waals surface area contributed by atoms with Gasteiger partial charge in [0.15, 0.2) is 11.5 Å². The van der Waals surface area contributed by atoms with Gasteiger partial charge in [-0.05, 0) is 12.1 Å². The lowest BCUT2D eigenvalue weighted by Crippen LogP contribution is -2.12. The van der Waals surface area contributed by atoms with Gasteiger partial charge in [0, 0.05) is 23.3 Å². The van der Waals surface area contributed by atoms with Crippen LogP contribution in [0.5, 0.6) is 17.2 Å². The smallest absolute Gasteiger partial charge is 0.270 e. The van der Waals surface area contributed by atoms with Crippen LogP contribution < -0.4 is 19.5 Å². The first-order valence-corrected chi connectivity index (χ1v) is 8.98. The molecule has 3 aromatic rings. The number of carbonyl (C=O) groups is 1. The van der Waals surface area contributed by atoms with Crippen molar-refractivity contribution in [3.8, 4) is 27.8 Å². The zero-order valence-corrected chi connectivity index (χ0v) is 16.5. The summed E-state index contributed by atoms with van der Waals surface area (Å²) < 4.78 is 15.7. The summed E-state index contributed by atoms with van der Waals surface area (Å²) in [5, 5.41) is 22.2. The van der Waals surface area contributed by atoms with Gasteiger partial charge in [-0.15, -0.1) is 10.2 Å². The molecular formula is C18H16N4O6S. The molecule has 0 bridgehead atoms. The summed E-state index contributed by atoms with van der Waals surface area (Å²) in [6.07, 6.45) is 0. The van der Waals surface area contributed by atoms with Crippen LogP contribution in [0, 0.1) is 10.1 Å². The summed E-state index contributed by atoms with van der Waals surface area (Å²) >= 11 is 1.09. The van der Waals surface area contributed by atoms with E-state index in [0.29, 0.717) is 27.8 Å². The third kappa shape index (κ3) is 4.24. The molecule has 0 radical (unpaired) electrons. The van der Waals surface area contributed by atoms with E-state index in [1.54, 1.807) is 12.1 Å². The SMILES string of the molecule is COc1cc(C(=O)Nc2nnc(-c3cccc([N+](=O)[O-])c3)s2)cc(OC)c1OC. The predicted octanol–water partition coefficient (Wildman–Crippen LogP) is 3.39. The van der Waals surface area contributed by atoms with Crippen LogP contribution in [0.2, 0.25) is 0 Å². The number of nitro benzene ring substituents is 1. The second-order valence-electron chi connectivity index (χ2n) is 5.59. The Hall–Kier alpha value is -3.73. The third-order valence-electron chi connectivity index (χ3n) is 3.88. The molecule has 0 spiro atoms. The fourth-order valence-corrected chi connectivity index (χ4v) is 3.26. The average Bonchev–Trinajstić information content (AvgIpc) is 3.21. The van der Waals surface area contributed by atoms with Gasteiger partial charge in [-0.25, -0.2) is 0 Å². The largest absolute Gasteiger partial charge is 0.493 e. The minimum absolute atomic E-state index is 0.0549. The first-order valence-electron chi connectivity index (χ1n) is 8.16. The van der Waals surface area contributed by atoms with Crippen molar-refractivity contribution in [1.82, 2.24) is 10.2 Å². The van der Waals surface area contributed by atoms with Crippen LogP contribution in [0.1, 0.15) is 10.4 Å². The number of amides is 1. The van der Waals surface area contributed by atoms with Gasteiger partial charge < -0.3 is 14.2 Å². The number of nitro groups is 1. The average molecular weight is 416 g/mol. The molecule has 0 fully saturated rings. The number of anilines is 1. The molecule has 0 atom stereocenters. The van der Waals surface area contributed by atoms with Crippen molar-refractivity contribution in [2.45, 2.75) is 0 Å². The Morgan fingerprint density at radius 3 is 2.34 bits per heavy atom. The molecular weight excluding hydrogens is 400 g/mol. The second kappa shape index (κ2) is 8.52. The predicted molar refractivity (Wildman–Crippen MR) is 106 cm³/mol. The molecule has 0 aliphatic rings. The molecule has 0 aliphatic heterocycles. The maximum absolute atomic E-state index is 12.6. The van der Waals surface area contributed by atoms with E-state index in [9.17, 15) is 14.9 Å². The molecule has 150 valence electrons. The molecule has 10 nitrogen and oxygen atoms in total. The highest BCUT2D eigenvalue weighted by molar-refractivity contribution is 7.18. The molecule has 29 heavy (non-hydrogen) atoms. The summed E-state index contributed by atoms with van der Waals surface area (Å²) in [5.74, 6) is 0.597. The Morgan fingerprint density at radius 1 is 1.07 bits per heavy atom. The van der Waals surface area contributed by atoms with Crippen LogP contribution in [0.15, 0.2) is 36.4 Å². The molecule has 2 aromatic carbocycles. The third-order valence-corrected chi connectivity index (χ3v) is 4.76. The molecule has 0 saturated heterocycles. The van der Waals surface area contributed by atoms with E-state index in [-0.39, 0.29) is 16.4 Å². The number of nitrogens with zero attached hydrogens (tertiary/aromatic N) is 3. The van der Waals surface area contributed by atoms with Gasteiger partial charge >= 0.3 is 0 Å². The quantitative estimate of drug-likeness (QED) is 0.459. The van der Waals surface area contributed by atoms with Crippen LogP contribution in [0.4, 0.5) is 10.8 Å². The van der Waals surface area contributed by atoms with Gasteiger partial charge in [-0.2, -0.15) is 0 Å². The van der Waals surface area contributed by atoms with Crippen LogP contribution in [-0.2, 0) is 0 Å². The Labute approximate surface area is 169 Å². The molecule has 3 rings (SSSR count). The maximum Gasteiger partial charge on any atom is 0.270 e. The minimum atomic E-state index is -0.488. The Balaban J connectivity index is 1.84. The van der Waals surface area contributed by atoms with E-state index >= 15 is 0 Å². The van der Waals surface area contributed by atoms with Gasteiger partial charge in [0.05, 0.1) is 26.3 Å². The van der Waals surface area contributed by atoms with Gasteiger partial charge in [0.1, 0.15) is 5.01 Å². The summed E-state index contributed by atoms with van der Waals surface area (Å²) in [4.78, 5) is 23.1. The molecule has 1 N–H and O–H groups in total. The number of non-ortho nitro benzene ring substituents is 1. The van der Waals surface area contributed by atoms with E-state index < -0.39 is 10.8 Å². The zero-order chi connectivity index (χ0) is 21.0. The van der Waals surface area contributed by atoms with E-state index in [2.05, 4.69) is 15.5 Å². The summed E-state index contributed by atoms with van der Waals surface area (Å²) in [6, 6.07) is 9.04. The lowest BCUT2D eigenvalue weighted by atomic mass is 10.1. The van der Waals surface area contributed by atoms with Gasteiger partial charge in [-0.1, -0.05) is 23.5 Å². The van der Waals surface area contributed by atoms with Gasteiger partial charge in [0.25, 0.3) is 11.6 Å². The van der Waals surface area contributed by atoms with Crippen LogP contribution in [0.3, 0.4) is 0 Å². The first kappa shape index (κ1) is 20.0. The molecule has 0 saturated carbocycles. The number of benzene rings is 2. The van der Waals surface area contributed by atoms with Crippen molar-refractivity contribution in [1.29, 1.82) is 0 Å². The highest BCUT2D eigenvalue weighted by Gasteiger charge is 2.18. The summed E-state index contributed by atoms with van der Waals surface area (Å²) in [7, 11) is 4.38. The number of aromatic nitrogens is 2. The summed E-state index contributed by atoms with van der Waals surface area (Å²) in [5.41, 5.74) is 0.747. The molecule has 1 aromatic heterocycles. The maximum atomic E-state index is 12.6. The van der Waals surface area contributed by atoms with Crippen molar-refractivity contribution in [3.05, 3.63) is 52.1 Å². The van der Waals surface area contributed by atoms with Crippen LogP contribution in [0.25, 0.3) is 10.6 Å². The van der Waals surface area contributed by atoms with Gasteiger partial charge in [-0.3, -0.25) is 20.2 Å². The zero-order valence-electron chi connectivity index (χ0n) is 15.7. The number of hydrogen-bond acceptors (Lipinski definition) is 9. The highest BCUT2D eigenvalue weighted by Crippen LogP contribution is 2.38. The fraction of sp³-hybridized carbons (Fsp3) is 0.167. The van der Waals surface area contributed by atoms with Crippen LogP contribution >= 0.6 is 11.3 Å². The van der Waals surface area contributed by atoms with E-state index in [1.165, 1.54) is 45.6 Å². The molecule has 11 heteroatoms. The number of methoxy groups -OCH3 is 3. The number of hydrogen-bond donors (Lipinski definition) is 1. The van der Waals surface area contributed by atoms with Crippen molar-refractivity contribution in [2.24, 2.45) is 0 Å². The van der Waals surface area contributed by atoms with Crippen LogP contribution in [-0.4, -0.2) is 42.4 Å². The van der Waals surface area contributed by atoms with Crippen molar-refractivity contribution in [3.63, 3.8) is 0 Å². The highest BCUT2D eigenvalue weighted by atomic mass is 32.1. The monoisotopic (exact) mass is 416 g/mol. The second-order valence-corrected chi connectivity index (χ2v) is 6.57. The Bertz CT molecular complexity index is 1040. The molecule has 1 amide bonds. The van der Waals surface area contributed by atoms with Crippen molar-refractivity contribution < 1.29 is 23.9 Å². The Kier molecular flexibility index (Phi) is 5.88. The molecule has 0 aliphatic carbocycles. The lowest BCUT2D eigenvalue weighted by molar-refractivity contribution is -0.384. The molecule has 1 heterocycles. The topological polar surface area (TPSA) is 126 Å². The van der Waals surface area contributed by atoms with Crippen molar-refractivity contribution in [2.75, 3.05) is 26.6 Å². The van der Waals surface area contributed by atoms with E-state index in [1.807, 2.05) is 0 Å². The minimum Gasteiger partial charge on any atom is -0.493 e. The van der Waals surface area contributed by atoms with E-state index in [0.717, 1.165) is 11.3 Å². The standard InChI is InChI=1S/C18H16N4O6S/c1-26-13-8-11(9-14(27-2)15(13)28-3)16(23)19-18-21-20-17(29-18)10-5-4-6-12(7-10)22(24)25/h4-9H,1-3H3,(H,19,21,23). The molecule has 0 unspecified atom stereocenters. The van der Waals surface area contributed by atoms with Gasteiger partial charge in [0.2, 0.25) is 10.9 Å².